The highest BCUT2D eigenvalue weighted by Crippen LogP contribution is 2.28. The van der Waals surface area contributed by atoms with Crippen LogP contribution in [0.25, 0.3) is 0 Å². The van der Waals surface area contributed by atoms with Crippen LogP contribution in [0, 0.1) is 0 Å². The van der Waals surface area contributed by atoms with E-state index in [0.717, 1.165) is 12.8 Å². The van der Waals surface area contributed by atoms with Gasteiger partial charge in [-0.05, 0) is 30.7 Å². The second kappa shape index (κ2) is 6.79. The molecule has 0 unspecified atom stereocenters. The first-order chi connectivity index (χ1) is 10.1. The maximum Gasteiger partial charge on any atom is 0.200 e. The molecule has 4 nitrogen and oxygen atoms in total. The molecule has 0 saturated carbocycles. The lowest BCUT2D eigenvalue weighted by Crippen LogP contribution is -2.03. The van der Waals surface area contributed by atoms with E-state index in [-0.39, 0.29) is 22.6 Å². The highest BCUT2D eigenvalue weighted by Gasteiger charge is 2.17. The average molecular weight is 286 g/mol. The normalized spacial score (nSPS) is 10.3. The van der Waals surface area contributed by atoms with Gasteiger partial charge < -0.3 is 14.9 Å². The van der Waals surface area contributed by atoms with Crippen molar-refractivity contribution in [3.63, 3.8) is 0 Å². The number of aromatic hydroxyl groups is 2. The largest absolute Gasteiger partial charge is 0.507 e. The van der Waals surface area contributed by atoms with Crippen molar-refractivity contribution in [3.8, 4) is 17.2 Å². The summed E-state index contributed by atoms with van der Waals surface area (Å²) in [6.07, 6.45) is 1.95. The summed E-state index contributed by atoms with van der Waals surface area (Å²) in [6.45, 7) is 2.64. The van der Waals surface area contributed by atoms with Gasteiger partial charge in [-0.25, -0.2) is 0 Å². The number of phenolic OH excluding ortho intramolecular Hbond substituents is 2. The summed E-state index contributed by atoms with van der Waals surface area (Å²) in [6, 6.07) is 10.8. The zero-order chi connectivity index (χ0) is 15.2. The van der Waals surface area contributed by atoms with Gasteiger partial charge in [0, 0.05) is 6.07 Å². The van der Waals surface area contributed by atoms with Gasteiger partial charge in [-0.15, -0.1) is 0 Å². The highest BCUT2D eigenvalue weighted by atomic mass is 16.5. The first-order valence-electron chi connectivity index (χ1n) is 6.92. The monoisotopic (exact) mass is 286 g/mol. The van der Waals surface area contributed by atoms with Crippen molar-refractivity contribution in [2.24, 2.45) is 0 Å². The highest BCUT2D eigenvalue weighted by molar-refractivity contribution is 6.12. The van der Waals surface area contributed by atoms with Crippen molar-refractivity contribution in [1.82, 2.24) is 0 Å². The van der Waals surface area contributed by atoms with Crippen LogP contribution in [0.3, 0.4) is 0 Å². The Hall–Kier alpha value is -2.49. The fourth-order valence-corrected chi connectivity index (χ4v) is 1.94. The van der Waals surface area contributed by atoms with Gasteiger partial charge in [-0.1, -0.05) is 25.5 Å². The number of phenols is 2. The molecule has 0 atom stereocenters. The van der Waals surface area contributed by atoms with E-state index in [1.807, 2.05) is 0 Å². The minimum absolute atomic E-state index is 0.106. The molecule has 0 aliphatic carbocycles. The molecule has 2 aromatic carbocycles. The van der Waals surface area contributed by atoms with Crippen LogP contribution in [0.2, 0.25) is 0 Å². The molecule has 0 spiro atoms. The summed E-state index contributed by atoms with van der Waals surface area (Å²) >= 11 is 0. The van der Waals surface area contributed by atoms with E-state index in [2.05, 4.69) is 6.92 Å². The Kier molecular flexibility index (Phi) is 4.82. The standard InChI is InChI=1S/C17H18O4/c1-2-3-10-21-12-8-9-14(16(19)11-12)17(20)13-6-4-5-7-15(13)18/h4-9,11,18-19H,2-3,10H2,1H3. The van der Waals surface area contributed by atoms with Crippen molar-refractivity contribution < 1.29 is 19.7 Å². The fraction of sp³-hybridized carbons (Fsp3) is 0.235. The number of ketones is 1. The molecule has 110 valence electrons. The molecule has 0 fully saturated rings. The molecule has 2 rings (SSSR count). The molecule has 0 aromatic heterocycles. The third-order valence-electron chi connectivity index (χ3n) is 3.13. The van der Waals surface area contributed by atoms with Gasteiger partial charge >= 0.3 is 0 Å². The van der Waals surface area contributed by atoms with Gasteiger partial charge in [0.15, 0.2) is 5.78 Å². The Morgan fingerprint density at radius 1 is 1.05 bits per heavy atom. The number of carbonyl (C=O) groups is 1. The summed E-state index contributed by atoms with van der Waals surface area (Å²) in [5.41, 5.74) is 0.298. The van der Waals surface area contributed by atoms with Gasteiger partial charge in [0.1, 0.15) is 17.2 Å². The summed E-state index contributed by atoms with van der Waals surface area (Å²) in [5, 5.41) is 19.7. The lowest BCUT2D eigenvalue weighted by molar-refractivity contribution is 0.103. The Morgan fingerprint density at radius 2 is 1.76 bits per heavy atom. The molecule has 0 heterocycles. The summed E-state index contributed by atoms with van der Waals surface area (Å²) in [4.78, 5) is 12.3. The quantitative estimate of drug-likeness (QED) is 0.630. The second-order valence-electron chi connectivity index (χ2n) is 4.73. The predicted molar refractivity (Wildman–Crippen MR) is 80.0 cm³/mol. The first-order valence-corrected chi connectivity index (χ1v) is 6.92. The number of ether oxygens (including phenoxy) is 1. The van der Waals surface area contributed by atoms with E-state index >= 15 is 0 Å². The Labute approximate surface area is 123 Å². The van der Waals surface area contributed by atoms with Crippen molar-refractivity contribution in [2.45, 2.75) is 19.8 Å². The number of benzene rings is 2. The minimum atomic E-state index is -0.425. The molecule has 0 saturated heterocycles. The lowest BCUT2D eigenvalue weighted by Gasteiger charge is -2.09. The number of hydrogen-bond donors (Lipinski definition) is 2. The second-order valence-corrected chi connectivity index (χ2v) is 4.73. The third-order valence-corrected chi connectivity index (χ3v) is 3.13. The Bertz CT molecular complexity index is 634. The van der Waals surface area contributed by atoms with E-state index in [9.17, 15) is 15.0 Å². The molecule has 0 amide bonds. The van der Waals surface area contributed by atoms with Gasteiger partial charge in [0.05, 0.1) is 17.7 Å². The van der Waals surface area contributed by atoms with E-state index in [1.54, 1.807) is 18.2 Å². The molecule has 2 aromatic rings. The van der Waals surface area contributed by atoms with Gasteiger partial charge in [-0.2, -0.15) is 0 Å². The molecule has 0 radical (unpaired) electrons. The van der Waals surface area contributed by atoms with Crippen LogP contribution in [0.4, 0.5) is 0 Å². The number of para-hydroxylation sites is 1. The van der Waals surface area contributed by atoms with Crippen molar-refractivity contribution in [1.29, 1.82) is 0 Å². The molecule has 21 heavy (non-hydrogen) atoms. The van der Waals surface area contributed by atoms with Crippen LogP contribution in [-0.4, -0.2) is 22.6 Å². The van der Waals surface area contributed by atoms with Gasteiger partial charge in [0.25, 0.3) is 0 Å². The van der Waals surface area contributed by atoms with Crippen molar-refractivity contribution in [2.75, 3.05) is 6.61 Å². The van der Waals surface area contributed by atoms with Gasteiger partial charge in [0.2, 0.25) is 0 Å². The van der Waals surface area contributed by atoms with Crippen LogP contribution in [0.15, 0.2) is 42.5 Å². The summed E-state index contributed by atoms with van der Waals surface area (Å²) in [7, 11) is 0. The van der Waals surface area contributed by atoms with Crippen LogP contribution in [-0.2, 0) is 0 Å². The molecular formula is C17H18O4. The lowest BCUT2D eigenvalue weighted by atomic mass is 10.0. The molecular weight excluding hydrogens is 268 g/mol. The third kappa shape index (κ3) is 3.54. The Morgan fingerprint density at radius 3 is 2.43 bits per heavy atom. The molecule has 0 aliphatic rings. The van der Waals surface area contributed by atoms with Crippen LogP contribution in [0.5, 0.6) is 17.2 Å². The topological polar surface area (TPSA) is 66.8 Å². The summed E-state index contributed by atoms with van der Waals surface area (Å²) in [5.74, 6) is -0.164. The smallest absolute Gasteiger partial charge is 0.200 e. The number of hydrogen-bond acceptors (Lipinski definition) is 4. The molecule has 4 heteroatoms. The summed E-state index contributed by atoms with van der Waals surface area (Å²) < 4.78 is 5.47. The molecule has 0 aliphatic heterocycles. The maximum absolute atomic E-state index is 12.3. The fourth-order valence-electron chi connectivity index (χ4n) is 1.94. The minimum Gasteiger partial charge on any atom is -0.507 e. The van der Waals surface area contributed by atoms with Crippen molar-refractivity contribution >= 4 is 5.78 Å². The SMILES string of the molecule is CCCCOc1ccc(C(=O)c2ccccc2O)c(O)c1. The van der Waals surface area contributed by atoms with Gasteiger partial charge in [-0.3, -0.25) is 4.79 Å². The predicted octanol–water partition coefficient (Wildman–Crippen LogP) is 3.51. The van der Waals surface area contributed by atoms with E-state index in [1.165, 1.54) is 24.3 Å². The average Bonchev–Trinajstić information content (AvgIpc) is 2.47. The van der Waals surface area contributed by atoms with Crippen LogP contribution >= 0.6 is 0 Å². The van der Waals surface area contributed by atoms with E-state index in [4.69, 9.17) is 4.74 Å². The van der Waals surface area contributed by atoms with E-state index < -0.39 is 5.78 Å². The first kappa shape index (κ1) is 14.9. The van der Waals surface area contributed by atoms with Crippen LogP contribution < -0.4 is 4.74 Å². The number of carbonyl (C=O) groups excluding carboxylic acids is 1. The van der Waals surface area contributed by atoms with E-state index in [0.29, 0.717) is 12.4 Å². The molecule has 0 bridgehead atoms. The Balaban J connectivity index is 2.21. The van der Waals surface area contributed by atoms with Crippen LogP contribution in [0.1, 0.15) is 35.7 Å². The molecule has 2 N–H and O–H groups in total. The number of unbranched alkanes of at least 4 members (excludes halogenated alkanes) is 1. The zero-order valence-corrected chi connectivity index (χ0v) is 11.9. The maximum atomic E-state index is 12.3. The van der Waals surface area contributed by atoms with Crippen molar-refractivity contribution in [3.05, 3.63) is 53.6 Å². The zero-order valence-electron chi connectivity index (χ0n) is 11.9. The number of rotatable bonds is 6.